The first-order chi connectivity index (χ1) is 9.20. The number of carbonyl (C=O) groups is 1. The molecular formula is C13H15Cl2NO3S. The predicted molar refractivity (Wildman–Crippen MR) is 78.9 cm³/mol. The molecule has 0 saturated heterocycles. The van der Waals surface area contributed by atoms with Crippen molar-refractivity contribution in [3.05, 3.63) is 28.3 Å². The van der Waals surface area contributed by atoms with Crippen LogP contribution < -0.4 is 5.32 Å². The van der Waals surface area contributed by atoms with Crippen LogP contribution in [0.2, 0.25) is 5.02 Å². The zero-order valence-electron chi connectivity index (χ0n) is 11.1. The van der Waals surface area contributed by atoms with E-state index in [1.165, 1.54) is 12.1 Å². The summed E-state index contributed by atoms with van der Waals surface area (Å²) in [6.07, 6.45) is 2.22. The molecule has 1 aromatic carbocycles. The molecule has 0 heterocycles. The van der Waals surface area contributed by atoms with Crippen LogP contribution in [0.3, 0.4) is 0 Å². The molecule has 1 fully saturated rings. The first-order valence-electron chi connectivity index (χ1n) is 6.26. The summed E-state index contributed by atoms with van der Waals surface area (Å²) in [6, 6.07) is 2.79. The summed E-state index contributed by atoms with van der Waals surface area (Å²) in [5.74, 6) is 0.170. The van der Waals surface area contributed by atoms with Gasteiger partial charge in [-0.05, 0) is 50.3 Å². The zero-order valence-corrected chi connectivity index (χ0v) is 13.4. The van der Waals surface area contributed by atoms with Crippen LogP contribution >= 0.6 is 22.3 Å². The van der Waals surface area contributed by atoms with Crippen LogP contribution in [0.15, 0.2) is 17.0 Å². The molecule has 0 bridgehead atoms. The topological polar surface area (TPSA) is 63.2 Å². The Balaban J connectivity index is 2.32. The van der Waals surface area contributed by atoms with Crippen molar-refractivity contribution in [1.29, 1.82) is 0 Å². The highest BCUT2D eigenvalue weighted by Gasteiger charge is 2.29. The first-order valence-corrected chi connectivity index (χ1v) is 8.94. The molecule has 1 N–H and O–H groups in total. The molecule has 0 aliphatic heterocycles. The van der Waals surface area contributed by atoms with Gasteiger partial charge in [0.2, 0.25) is 0 Å². The number of amides is 1. The lowest BCUT2D eigenvalue weighted by atomic mass is 10.1. The van der Waals surface area contributed by atoms with Crippen molar-refractivity contribution in [1.82, 2.24) is 5.32 Å². The van der Waals surface area contributed by atoms with Gasteiger partial charge in [-0.25, -0.2) is 8.42 Å². The minimum Gasteiger partial charge on any atom is -0.349 e. The summed E-state index contributed by atoms with van der Waals surface area (Å²) in [5.41, 5.74) is 0.542. The van der Waals surface area contributed by atoms with E-state index in [2.05, 4.69) is 5.32 Å². The molecule has 0 radical (unpaired) electrons. The summed E-state index contributed by atoms with van der Waals surface area (Å²) >= 11 is 5.98. The molecule has 7 heteroatoms. The molecule has 1 amide bonds. The molecule has 2 rings (SSSR count). The van der Waals surface area contributed by atoms with Gasteiger partial charge in [-0.3, -0.25) is 4.79 Å². The van der Waals surface area contributed by atoms with Gasteiger partial charge in [0.05, 0.1) is 4.90 Å². The molecule has 1 aromatic rings. The second-order valence-electron chi connectivity index (χ2n) is 5.12. The first kappa shape index (κ1) is 15.6. The Labute approximate surface area is 127 Å². The summed E-state index contributed by atoms with van der Waals surface area (Å²) in [4.78, 5) is 12.0. The van der Waals surface area contributed by atoms with E-state index in [9.17, 15) is 13.2 Å². The second kappa shape index (κ2) is 5.54. The van der Waals surface area contributed by atoms with Gasteiger partial charge in [0, 0.05) is 27.3 Å². The molecule has 1 aliphatic rings. The van der Waals surface area contributed by atoms with Crippen molar-refractivity contribution in [3.8, 4) is 0 Å². The van der Waals surface area contributed by atoms with E-state index in [1.807, 2.05) is 6.92 Å². The van der Waals surface area contributed by atoms with Gasteiger partial charge in [-0.1, -0.05) is 11.6 Å². The maximum Gasteiger partial charge on any atom is 0.261 e. The number of hydrogen-bond donors (Lipinski definition) is 1. The highest BCUT2D eigenvalue weighted by molar-refractivity contribution is 8.13. The van der Waals surface area contributed by atoms with E-state index in [0.29, 0.717) is 11.5 Å². The fraction of sp³-hybridized carbons (Fsp3) is 0.462. The van der Waals surface area contributed by atoms with E-state index in [-0.39, 0.29) is 27.4 Å². The van der Waals surface area contributed by atoms with Crippen molar-refractivity contribution in [2.45, 2.75) is 37.6 Å². The van der Waals surface area contributed by atoms with Gasteiger partial charge in [0.1, 0.15) is 0 Å². The van der Waals surface area contributed by atoms with Crippen molar-refractivity contribution >= 4 is 37.2 Å². The number of hydrogen-bond acceptors (Lipinski definition) is 3. The van der Waals surface area contributed by atoms with Crippen LogP contribution in [-0.2, 0) is 9.05 Å². The third-order valence-corrected chi connectivity index (χ3v) is 5.35. The molecule has 20 heavy (non-hydrogen) atoms. The highest BCUT2D eigenvalue weighted by atomic mass is 35.7. The summed E-state index contributed by atoms with van der Waals surface area (Å²) in [7, 11) is 1.42. The molecule has 110 valence electrons. The number of nitrogens with one attached hydrogen (secondary N) is 1. The zero-order chi connectivity index (χ0) is 15.1. The van der Waals surface area contributed by atoms with Gasteiger partial charge < -0.3 is 5.32 Å². The lowest BCUT2D eigenvalue weighted by Crippen LogP contribution is -2.34. The largest absolute Gasteiger partial charge is 0.349 e. The van der Waals surface area contributed by atoms with Crippen LogP contribution in [0, 0.1) is 12.8 Å². The Bertz CT molecular complexity index is 654. The summed E-state index contributed by atoms with van der Waals surface area (Å²) in [5, 5.41) is 3.05. The third kappa shape index (κ3) is 3.45. The van der Waals surface area contributed by atoms with E-state index in [1.54, 1.807) is 6.92 Å². The Hall–Kier alpha value is -0.780. The monoisotopic (exact) mass is 335 g/mol. The molecule has 1 atom stereocenters. The van der Waals surface area contributed by atoms with E-state index in [4.69, 9.17) is 22.3 Å². The molecule has 1 saturated carbocycles. The number of benzene rings is 1. The quantitative estimate of drug-likeness (QED) is 0.860. The number of carbonyl (C=O) groups excluding carboxylic acids is 1. The molecule has 0 aromatic heterocycles. The van der Waals surface area contributed by atoms with Crippen LogP contribution in [0.5, 0.6) is 0 Å². The average Bonchev–Trinajstić information content (AvgIpc) is 3.14. The van der Waals surface area contributed by atoms with Gasteiger partial charge in [0.25, 0.3) is 15.0 Å². The normalized spacial score (nSPS) is 16.8. The van der Waals surface area contributed by atoms with Crippen molar-refractivity contribution < 1.29 is 13.2 Å². The fourth-order valence-electron chi connectivity index (χ4n) is 2.04. The average molecular weight is 336 g/mol. The van der Waals surface area contributed by atoms with E-state index < -0.39 is 9.05 Å². The number of halogens is 2. The Morgan fingerprint density at radius 2 is 2.00 bits per heavy atom. The van der Waals surface area contributed by atoms with Crippen LogP contribution in [-0.4, -0.2) is 20.4 Å². The minimum atomic E-state index is -3.94. The molecular weight excluding hydrogens is 321 g/mol. The van der Waals surface area contributed by atoms with Crippen molar-refractivity contribution in [3.63, 3.8) is 0 Å². The van der Waals surface area contributed by atoms with Crippen molar-refractivity contribution in [2.24, 2.45) is 5.92 Å². The fourth-order valence-corrected chi connectivity index (χ4v) is 3.54. The van der Waals surface area contributed by atoms with E-state index >= 15 is 0 Å². The lowest BCUT2D eigenvalue weighted by Gasteiger charge is -2.14. The maximum atomic E-state index is 12.1. The Kier molecular flexibility index (Phi) is 4.33. The smallest absolute Gasteiger partial charge is 0.261 e. The Morgan fingerprint density at radius 3 is 2.50 bits per heavy atom. The van der Waals surface area contributed by atoms with Crippen LogP contribution in [0.25, 0.3) is 0 Å². The van der Waals surface area contributed by atoms with Crippen LogP contribution in [0.4, 0.5) is 0 Å². The molecule has 0 spiro atoms. The third-order valence-electron chi connectivity index (χ3n) is 3.51. The summed E-state index contributed by atoms with van der Waals surface area (Å²) in [6.45, 7) is 3.48. The molecule has 1 unspecified atom stereocenters. The predicted octanol–water partition coefficient (Wildman–Crippen LogP) is 3.10. The van der Waals surface area contributed by atoms with Gasteiger partial charge in [0.15, 0.2) is 0 Å². The van der Waals surface area contributed by atoms with Gasteiger partial charge in [-0.2, -0.15) is 0 Å². The lowest BCUT2D eigenvalue weighted by molar-refractivity contribution is 0.0935. The SMILES string of the molecule is Cc1c(Cl)cc(C(=O)NC(C)C2CC2)cc1S(=O)(=O)Cl. The standard InChI is InChI=1S/C13H15Cl2NO3S/c1-7-11(14)5-10(6-12(7)20(15,18)19)13(17)16-8(2)9-3-4-9/h5-6,8-9H,3-4H2,1-2H3,(H,16,17). The van der Waals surface area contributed by atoms with Gasteiger partial charge in [-0.15, -0.1) is 0 Å². The summed E-state index contributed by atoms with van der Waals surface area (Å²) < 4.78 is 23.0. The maximum absolute atomic E-state index is 12.1. The van der Waals surface area contributed by atoms with E-state index in [0.717, 1.165) is 12.8 Å². The molecule has 4 nitrogen and oxygen atoms in total. The minimum absolute atomic E-state index is 0.0682. The molecule has 1 aliphatic carbocycles. The number of rotatable bonds is 4. The Morgan fingerprint density at radius 1 is 1.40 bits per heavy atom. The highest BCUT2D eigenvalue weighted by Crippen LogP contribution is 2.33. The second-order valence-corrected chi connectivity index (χ2v) is 8.06. The van der Waals surface area contributed by atoms with Crippen molar-refractivity contribution in [2.75, 3.05) is 0 Å². The van der Waals surface area contributed by atoms with Gasteiger partial charge >= 0.3 is 0 Å². The van der Waals surface area contributed by atoms with Crippen LogP contribution in [0.1, 0.15) is 35.7 Å².